The van der Waals surface area contributed by atoms with Gasteiger partial charge in [-0.3, -0.25) is 14.4 Å². The van der Waals surface area contributed by atoms with Crippen molar-refractivity contribution >= 4 is 17.6 Å². The van der Waals surface area contributed by atoms with Gasteiger partial charge in [0.15, 0.2) is 5.69 Å². The molecule has 29 heavy (non-hydrogen) atoms. The fraction of sp³-hybridized carbons (Fsp3) is 0.227. The summed E-state index contributed by atoms with van der Waals surface area (Å²) in [5.74, 6) is -1.13. The SMILES string of the molecule is Cn1nc(C(=O)Nc2ccccc2)c2c1CCN(Cc1ccc(C(=O)O)cc1)C2. The first-order chi connectivity index (χ1) is 14.0. The van der Waals surface area contributed by atoms with Crippen molar-refractivity contribution in [3.63, 3.8) is 0 Å². The summed E-state index contributed by atoms with van der Waals surface area (Å²) in [6.07, 6.45) is 0.810. The lowest BCUT2D eigenvalue weighted by atomic mass is 10.0. The van der Waals surface area contributed by atoms with Gasteiger partial charge in [-0.05, 0) is 29.8 Å². The van der Waals surface area contributed by atoms with Crippen LogP contribution in [-0.4, -0.2) is 38.2 Å². The normalized spacial score (nSPS) is 13.7. The number of para-hydroxylation sites is 1. The first-order valence-electron chi connectivity index (χ1n) is 9.47. The minimum Gasteiger partial charge on any atom is -0.478 e. The second kappa shape index (κ2) is 7.89. The van der Waals surface area contributed by atoms with E-state index >= 15 is 0 Å². The molecule has 1 amide bonds. The summed E-state index contributed by atoms with van der Waals surface area (Å²) in [5.41, 5.74) is 4.55. The van der Waals surface area contributed by atoms with E-state index in [-0.39, 0.29) is 11.5 Å². The molecule has 0 aliphatic carbocycles. The number of aromatic nitrogens is 2. The van der Waals surface area contributed by atoms with Gasteiger partial charge in [-0.2, -0.15) is 5.10 Å². The van der Waals surface area contributed by atoms with Crippen molar-refractivity contribution in [2.24, 2.45) is 7.05 Å². The molecule has 0 radical (unpaired) electrons. The first kappa shape index (κ1) is 18.9. The van der Waals surface area contributed by atoms with Crippen LogP contribution in [0.1, 0.15) is 37.7 Å². The second-order valence-electron chi connectivity index (χ2n) is 7.18. The molecule has 1 aliphatic rings. The van der Waals surface area contributed by atoms with E-state index in [1.165, 1.54) is 0 Å². The summed E-state index contributed by atoms with van der Waals surface area (Å²) in [7, 11) is 1.87. The zero-order valence-electron chi connectivity index (χ0n) is 16.1. The lowest BCUT2D eigenvalue weighted by Crippen LogP contribution is -2.31. The minimum absolute atomic E-state index is 0.208. The number of rotatable bonds is 5. The largest absolute Gasteiger partial charge is 0.478 e. The van der Waals surface area contributed by atoms with Gasteiger partial charge in [-0.1, -0.05) is 30.3 Å². The molecule has 1 aromatic heterocycles. The van der Waals surface area contributed by atoms with Gasteiger partial charge >= 0.3 is 5.97 Å². The molecule has 0 saturated carbocycles. The molecule has 0 fully saturated rings. The van der Waals surface area contributed by atoms with Gasteiger partial charge in [0.05, 0.1) is 5.56 Å². The van der Waals surface area contributed by atoms with Crippen LogP contribution in [-0.2, 0) is 26.6 Å². The number of nitrogens with one attached hydrogen (secondary N) is 1. The maximum Gasteiger partial charge on any atom is 0.335 e. The average Bonchev–Trinajstić information content (AvgIpc) is 3.05. The van der Waals surface area contributed by atoms with E-state index < -0.39 is 5.97 Å². The van der Waals surface area contributed by atoms with Crippen molar-refractivity contribution in [1.82, 2.24) is 14.7 Å². The van der Waals surface area contributed by atoms with E-state index in [1.807, 2.05) is 49.5 Å². The van der Waals surface area contributed by atoms with E-state index in [0.717, 1.165) is 35.5 Å². The quantitative estimate of drug-likeness (QED) is 0.699. The molecule has 0 spiro atoms. The molecule has 0 atom stereocenters. The second-order valence-corrected chi connectivity index (χ2v) is 7.18. The highest BCUT2D eigenvalue weighted by atomic mass is 16.4. The number of nitrogens with zero attached hydrogens (tertiary/aromatic N) is 3. The fourth-order valence-corrected chi connectivity index (χ4v) is 3.69. The van der Waals surface area contributed by atoms with Crippen LogP contribution in [0, 0.1) is 0 Å². The Morgan fingerprint density at radius 1 is 1.10 bits per heavy atom. The van der Waals surface area contributed by atoms with Crippen LogP contribution in [0.15, 0.2) is 54.6 Å². The summed E-state index contributed by atoms with van der Waals surface area (Å²) in [6, 6.07) is 16.3. The number of carboxylic acid groups (broad SMARTS) is 1. The Hall–Kier alpha value is -3.45. The number of aryl methyl sites for hydroxylation is 1. The molecule has 3 aromatic rings. The van der Waals surface area contributed by atoms with E-state index in [4.69, 9.17) is 5.11 Å². The van der Waals surface area contributed by atoms with Crippen molar-refractivity contribution in [2.75, 3.05) is 11.9 Å². The smallest absolute Gasteiger partial charge is 0.335 e. The third-order valence-electron chi connectivity index (χ3n) is 5.18. The van der Waals surface area contributed by atoms with Crippen molar-refractivity contribution in [1.29, 1.82) is 0 Å². The standard InChI is InChI=1S/C22H22N4O3/c1-25-19-11-12-26(13-15-7-9-16(10-8-15)22(28)29)14-18(19)20(24-25)21(27)23-17-5-3-2-4-6-17/h2-10H,11-14H2,1H3,(H,23,27)(H,28,29). The van der Waals surface area contributed by atoms with E-state index in [9.17, 15) is 9.59 Å². The van der Waals surface area contributed by atoms with Gasteiger partial charge < -0.3 is 10.4 Å². The molecule has 0 unspecified atom stereocenters. The van der Waals surface area contributed by atoms with Crippen molar-refractivity contribution < 1.29 is 14.7 Å². The monoisotopic (exact) mass is 390 g/mol. The number of hydrogen-bond acceptors (Lipinski definition) is 4. The Bertz CT molecular complexity index is 1040. The van der Waals surface area contributed by atoms with Crippen LogP contribution in [0.25, 0.3) is 0 Å². The highest BCUT2D eigenvalue weighted by Gasteiger charge is 2.27. The van der Waals surface area contributed by atoms with Crippen LogP contribution < -0.4 is 5.32 Å². The molecule has 4 rings (SSSR count). The van der Waals surface area contributed by atoms with Gasteiger partial charge in [0.2, 0.25) is 0 Å². The zero-order chi connectivity index (χ0) is 20.4. The molecule has 1 aliphatic heterocycles. The van der Waals surface area contributed by atoms with Gasteiger partial charge in [-0.15, -0.1) is 0 Å². The zero-order valence-corrected chi connectivity index (χ0v) is 16.1. The number of hydrogen-bond donors (Lipinski definition) is 2. The van der Waals surface area contributed by atoms with Crippen LogP contribution in [0.5, 0.6) is 0 Å². The number of carbonyl (C=O) groups is 2. The van der Waals surface area contributed by atoms with E-state index in [2.05, 4.69) is 15.3 Å². The summed E-state index contributed by atoms with van der Waals surface area (Å²) >= 11 is 0. The Balaban J connectivity index is 1.51. The lowest BCUT2D eigenvalue weighted by molar-refractivity contribution is 0.0696. The predicted molar refractivity (Wildman–Crippen MR) is 109 cm³/mol. The third-order valence-corrected chi connectivity index (χ3v) is 5.18. The van der Waals surface area contributed by atoms with Crippen LogP contribution in [0.3, 0.4) is 0 Å². The minimum atomic E-state index is -0.927. The molecule has 7 heteroatoms. The maximum absolute atomic E-state index is 12.8. The van der Waals surface area contributed by atoms with Crippen molar-refractivity contribution in [3.8, 4) is 0 Å². The van der Waals surface area contributed by atoms with E-state index in [0.29, 0.717) is 18.8 Å². The lowest BCUT2D eigenvalue weighted by Gasteiger charge is -2.27. The highest BCUT2D eigenvalue weighted by Crippen LogP contribution is 2.24. The number of anilines is 1. The molecule has 2 heterocycles. The molecule has 0 saturated heterocycles. The summed E-state index contributed by atoms with van der Waals surface area (Å²) in [5, 5.41) is 16.4. The maximum atomic E-state index is 12.8. The summed E-state index contributed by atoms with van der Waals surface area (Å²) in [6.45, 7) is 2.17. The number of aromatic carboxylic acids is 1. The van der Waals surface area contributed by atoms with Gasteiger partial charge in [-0.25, -0.2) is 4.79 Å². The summed E-state index contributed by atoms with van der Waals surface area (Å²) < 4.78 is 1.80. The van der Waals surface area contributed by atoms with Gasteiger partial charge in [0.25, 0.3) is 5.91 Å². The van der Waals surface area contributed by atoms with Gasteiger partial charge in [0, 0.05) is 50.0 Å². The van der Waals surface area contributed by atoms with Crippen molar-refractivity contribution in [2.45, 2.75) is 19.5 Å². The highest BCUT2D eigenvalue weighted by molar-refractivity contribution is 6.04. The van der Waals surface area contributed by atoms with Crippen LogP contribution in [0.4, 0.5) is 5.69 Å². The number of fused-ring (bicyclic) bond motifs is 1. The number of amides is 1. The molecule has 148 valence electrons. The number of carbonyl (C=O) groups excluding carboxylic acids is 1. The topological polar surface area (TPSA) is 87.5 Å². The molecule has 2 N–H and O–H groups in total. The molecule has 7 nitrogen and oxygen atoms in total. The van der Waals surface area contributed by atoms with E-state index in [1.54, 1.807) is 16.8 Å². The Labute approximate surface area is 168 Å². The predicted octanol–water partition coefficient (Wildman–Crippen LogP) is 2.93. The number of carboxylic acids is 1. The van der Waals surface area contributed by atoms with Crippen LogP contribution >= 0.6 is 0 Å². The number of benzene rings is 2. The third kappa shape index (κ3) is 4.05. The molecule has 2 aromatic carbocycles. The Morgan fingerprint density at radius 2 is 1.83 bits per heavy atom. The van der Waals surface area contributed by atoms with Gasteiger partial charge in [0.1, 0.15) is 0 Å². The Morgan fingerprint density at radius 3 is 2.52 bits per heavy atom. The average molecular weight is 390 g/mol. The Kier molecular flexibility index (Phi) is 5.14. The van der Waals surface area contributed by atoms with Crippen LogP contribution in [0.2, 0.25) is 0 Å². The first-order valence-corrected chi connectivity index (χ1v) is 9.47. The fourth-order valence-electron chi connectivity index (χ4n) is 3.69. The molecular formula is C22H22N4O3. The summed E-state index contributed by atoms with van der Waals surface area (Å²) in [4.78, 5) is 26.1. The molecular weight excluding hydrogens is 368 g/mol. The molecule has 0 bridgehead atoms. The van der Waals surface area contributed by atoms with Crippen molar-refractivity contribution in [3.05, 3.63) is 82.7 Å².